The highest BCUT2D eigenvalue weighted by atomic mass is 32.2. The summed E-state index contributed by atoms with van der Waals surface area (Å²) >= 11 is 1.62. The summed E-state index contributed by atoms with van der Waals surface area (Å²) in [7, 11) is 0. The SMILES string of the molecule is CCCNC(=O)[C@H]1[C@H]2C(=O)N([C@H](C)CO)C(C(=O)NCn3nnc4ccccc43)C23CC[C@]1(C)S3. The van der Waals surface area contributed by atoms with E-state index in [2.05, 4.69) is 20.9 Å². The molecule has 35 heavy (non-hydrogen) atoms. The van der Waals surface area contributed by atoms with E-state index < -0.39 is 33.4 Å². The molecule has 3 fully saturated rings. The lowest BCUT2D eigenvalue weighted by Crippen LogP contribution is -2.56. The van der Waals surface area contributed by atoms with Crippen LogP contribution in [0.1, 0.15) is 40.0 Å². The van der Waals surface area contributed by atoms with Gasteiger partial charge in [0, 0.05) is 11.3 Å². The van der Waals surface area contributed by atoms with E-state index in [9.17, 15) is 19.5 Å². The van der Waals surface area contributed by atoms with Crippen LogP contribution in [-0.2, 0) is 21.1 Å². The number of carbonyl (C=O) groups is 3. The second-order valence-electron chi connectivity index (χ2n) is 10.1. The van der Waals surface area contributed by atoms with Crippen LogP contribution in [0.4, 0.5) is 0 Å². The summed E-state index contributed by atoms with van der Waals surface area (Å²) < 4.78 is 0.492. The molecule has 3 amide bonds. The number of nitrogens with zero attached hydrogens (tertiary/aromatic N) is 4. The third kappa shape index (κ3) is 3.54. The van der Waals surface area contributed by atoms with Gasteiger partial charge in [-0.2, -0.15) is 0 Å². The van der Waals surface area contributed by atoms with Gasteiger partial charge in [0.1, 0.15) is 18.2 Å². The van der Waals surface area contributed by atoms with E-state index in [0.717, 1.165) is 23.9 Å². The summed E-state index contributed by atoms with van der Waals surface area (Å²) in [6, 6.07) is 6.16. The van der Waals surface area contributed by atoms with Gasteiger partial charge in [0.2, 0.25) is 17.7 Å². The normalized spacial score (nSPS) is 32.2. The smallest absolute Gasteiger partial charge is 0.245 e. The number of nitrogens with one attached hydrogen (secondary N) is 2. The third-order valence-corrected chi connectivity index (χ3v) is 9.84. The fraction of sp³-hybridized carbons (Fsp3) is 0.625. The van der Waals surface area contributed by atoms with Gasteiger partial charge in [0.25, 0.3) is 0 Å². The molecular formula is C24H32N6O4S. The zero-order chi connectivity index (χ0) is 25.0. The number of likely N-dealkylation sites (tertiary alicyclic amines) is 1. The van der Waals surface area contributed by atoms with Crippen molar-refractivity contribution in [2.24, 2.45) is 11.8 Å². The molecule has 1 aromatic heterocycles. The van der Waals surface area contributed by atoms with Gasteiger partial charge >= 0.3 is 0 Å². The lowest BCUT2D eigenvalue weighted by atomic mass is 9.66. The average Bonchev–Trinajstić information content (AvgIpc) is 3.56. The highest BCUT2D eigenvalue weighted by molar-refractivity contribution is 8.02. The van der Waals surface area contributed by atoms with Crippen molar-refractivity contribution in [3.8, 4) is 0 Å². The van der Waals surface area contributed by atoms with Crippen LogP contribution in [0.25, 0.3) is 11.0 Å². The van der Waals surface area contributed by atoms with E-state index in [4.69, 9.17) is 0 Å². The predicted molar refractivity (Wildman–Crippen MR) is 131 cm³/mol. The van der Waals surface area contributed by atoms with Crippen LogP contribution in [0.5, 0.6) is 0 Å². The first-order chi connectivity index (χ1) is 16.8. The highest BCUT2D eigenvalue weighted by Gasteiger charge is 2.77. The van der Waals surface area contributed by atoms with E-state index >= 15 is 0 Å². The largest absolute Gasteiger partial charge is 0.394 e. The molecule has 3 aliphatic rings. The molecule has 0 aliphatic carbocycles. The molecule has 1 aromatic carbocycles. The summed E-state index contributed by atoms with van der Waals surface area (Å²) in [4.78, 5) is 42.4. The van der Waals surface area contributed by atoms with Crippen molar-refractivity contribution < 1.29 is 19.5 Å². The van der Waals surface area contributed by atoms with Crippen molar-refractivity contribution in [3.05, 3.63) is 24.3 Å². The van der Waals surface area contributed by atoms with Crippen LogP contribution < -0.4 is 10.6 Å². The first-order valence-corrected chi connectivity index (χ1v) is 13.1. The van der Waals surface area contributed by atoms with Gasteiger partial charge in [-0.25, -0.2) is 4.68 Å². The number of para-hydroxylation sites is 1. The molecule has 0 saturated carbocycles. The zero-order valence-electron chi connectivity index (χ0n) is 20.2. The lowest BCUT2D eigenvalue weighted by Gasteiger charge is -2.35. The second-order valence-corrected chi connectivity index (χ2v) is 12.0. The fourth-order valence-corrected chi connectivity index (χ4v) is 8.61. The van der Waals surface area contributed by atoms with Crippen LogP contribution in [0.3, 0.4) is 0 Å². The lowest BCUT2D eigenvalue weighted by molar-refractivity contribution is -0.143. The summed E-state index contributed by atoms with van der Waals surface area (Å²) in [6.07, 6.45) is 2.23. The Morgan fingerprint density at radius 1 is 1.26 bits per heavy atom. The van der Waals surface area contributed by atoms with E-state index in [-0.39, 0.29) is 31.0 Å². The number of aliphatic hydroxyl groups is 1. The summed E-state index contributed by atoms with van der Waals surface area (Å²) in [5.41, 5.74) is 1.52. The minimum atomic E-state index is -0.785. The Bertz CT molecular complexity index is 1170. The molecule has 2 bridgehead atoms. The molecule has 5 rings (SSSR count). The van der Waals surface area contributed by atoms with Gasteiger partial charge in [-0.05, 0) is 45.2 Å². The van der Waals surface area contributed by atoms with Crippen LogP contribution in [-0.4, -0.2) is 77.5 Å². The van der Waals surface area contributed by atoms with Gasteiger partial charge < -0.3 is 20.6 Å². The zero-order valence-corrected chi connectivity index (χ0v) is 21.0. The summed E-state index contributed by atoms with van der Waals surface area (Å²) in [5, 5.41) is 24.2. The quantitative estimate of drug-likeness (QED) is 0.491. The van der Waals surface area contributed by atoms with Gasteiger partial charge in [0.15, 0.2) is 0 Å². The molecule has 11 heteroatoms. The minimum absolute atomic E-state index is 0.106. The number of amides is 3. The van der Waals surface area contributed by atoms with E-state index in [0.29, 0.717) is 13.0 Å². The van der Waals surface area contributed by atoms with Crippen LogP contribution in [0, 0.1) is 11.8 Å². The highest BCUT2D eigenvalue weighted by Crippen LogP contribution is 2.71. The minimum Gasteiger partial charge on any atom is -0.394 e. The Hall–Kier alpha value is -2.66. The van der Waals surface area contributed by atoms with Crippen LogP contribution in [0.2, 0.25) is 0 Å². The number of aromatic nitrogens is 3. The maximum absolute atomic E-state index is 13.8. The van der Waals surface area contributed by atoms with E-state index in [1.807, 2.05) is 38.1 Å². The molecule has 6 atom stereocenters. The molecule has 1 spiro atoms. The van der Waals surface area contributed by atoms with E-state index in [1.54, 1.807) is 23.4 Å². The number of hydrogen-bond acceptors (Lipinski definition) is 7. The fourth-order valence-electron chi connectivity index (χ4n) is 6.27. The van der Waals surface area contributed by atoms with Crippen molar-refractivity contribution in [2.75, 3.05) is 13.2 Å². The topological polar surface area (TPSA) is 129 Å². The van der Waals surface area contributed by atoms with Crippen molar-refractivity contribution >= 4 is 40.5 Å². The molecule has 3 aliphatic heterocycles. The summed E-state index contributed by atoms with van der Waals surface area (Å²) in [5.74, 6) is -1.74. The number of rotatable bonds is 8. The number of hydrogen-bond donors (Lipinski definition) is 3. The predicted octanol–water partition coefficient (Wildman–Crippen LogP) is 0.893. The Balaban J connectivity index is 1.46. The Morgan fingerprint density at radius 3 is 2.77 bits per heavy atom. The van der Waals surface area contributed by atoms with Crippen molar-refractivity contribution in [3.63, 3.8) is 0 Å². The molecule has 2 aromatic rings. The van der Waals surface area contributed by atoms with Crippen molar-refractivity contribution in [2.45, 2.75) is 68.3 Å². The average molecular weight is 501 g/mol. The maximum atomic E-state index is 13.8. The maximum Gasteiger partial charge on any atom is 0.245 e. The van der Waals surface area contributed by atoms with Crippen molar-refractivity contribution in [1.82, 2.24) is 30.5 Å². The monoisotopic (exact) mass is 500 g/mol. The molecule has 10 nitrogen and oxygen atoms in total. The number of thioether (sulfide) groups is 1. The third-order valence-electron chi connectivity index (χ3n) is 7.86. The first kappa shape index (κ1) is 24.1. The van der Waals surface area contributed by atoms with Crippen molar-refractivity contribution in [1.29, 1.82) is 0 Å². The molecule has 0 radical (unpaired) electrons. The van der Waals surface area contributed by atoms with Gasteiger partial charge in [-0.15, -0.1) is 16.9 Å². The molecular weight excluding hydrogens is 468 g/mol. The first-order valence-electron chi connectivity index (χ1n) is 12.2. The second kappa shape index (κ2) is 8.77. The molecule has 4 heterocycles. The Morgan fingerprint density at radius 2 is 2.03 bits per heavy atom. The number of aliphatic hydroxyl groups excluding tert-OH is 1. The molecule has 2 unspecified atom stereocenters. The standard InChI is InChI=1S/C24H32N6O4S/c1-4-11-25-20(32)17-18-22(34)30(14(2)12-31)19(24(18)10-9-23(17,3)35-24)21(33)26-13-29-16-8-6-5-7-15(16)27-28-29/h5-8,14,17-19,31H,4,9-13H2,1-3H3,(H,25,32)(H,26,33)/t14-,17-,18+,19?,23+,24?/m1/s1. The molecule has 3 N–H and O–H groups in total. The van der Waals surface area contributed by atoms with Crippen LogP contribution in [0.15, 0.2) is 24.3 Å². The number of carbonyl (C=O) groups excluding carboxylic acids is 3. The Labute approximate surface area is 208 Å². The van der Waals surface area contributed by atoms with Gasteiger partial charge in [0.05, 0.1) is 34.7 Å². The molecule has 188 valence electrons. The van der Waals surface area contributed by atoms with E-state index in [1.165, 1.54) is 4.90 Å². The van der Waals surface area contributed by atoms with Gasteiger partial charge in [-0.3, -0.25) is 14.4 Å². The molecule has 3 saturated heterocycles. The Kier molecular flexibility index (Phi) is 6.03. The number of fused-ring (bicyclic) bond motifs is 2. The summed E-state index contributed by atoms with van der Waals surface area (Å²) in [6.45, 7) is 6.17. The number of benzene rings is 1. The van der Waals surface area contributed by atoms with Gasteiger partial charge in [-0.1, -0.05) is 24.3 Å². The van der Waals surface area contributed by atoms with Crippen LogP contribution >= 0.6 is 11.8 Å².